The Labute approximate surface area is 114 Å². The smallest absolute Gasteiger partial charge is 0.321 e. The zero-order valence-corrected chi connectivity index (χ0v) is 12.1. The molecule has 0 bridgehead atoms. The molecule has 108 valence electrons. The lowest BCUT2D eigenvalue weighted by atomic mass is 10.0. The molecule has 1 rings (SSSR count). The first-order valence-electron chi connectivity index (χ1n) is 6.75. The van der Waals surface area contributed by atoms with E-state index in [0.717, 1.165) is 12.0 Å². The van der Waals surface area contributed by atoms with Gasteiger partial charge in [0.1, 0.15) is 6.04 Å². The van der Waals surface area contributed by atoms with Crippen LogP contribution in [-0.4, -0.2) is 59.0 Å². The van der Waals surface area contributed by atoms with Crippen LogP contribution in [0.15, 0.2) is 12.2 Å². The largest absolute Gasteiger partial charge is 0.480 e. The van der Waals surface area contributed by atoms with Crippen molar-refractivity contribution in [3.8, 4) is 0 Å². The second-order valence-electron chi connectivity index (χ2n) is 5.38. The molecule has 0 aromatic rings. The Morgan fingerprint density at radius 1 is 1.47 bits per heavy atom. The van der Waals surface area contributed by atoms with Crippen LogP contribution in [0, 0.1) is 5.92 Å². The van der Waals surface area contributed by atoms with Crippen molar-refractivity contribution in [2.24, 2.45) is 5.92 Å². The minimum Gasteiger partial charge on any atom is -0.480 e. The first-order chi connectivity index (χ1) is 8.86. The second kappa shape index (κ2) is 6.70. The van der Waals surface area contributed by atoms with Gasteiger partial charge in [-0.1, -0.05) is 19.1 Å². The maximum atomic E-state index is 12.2. The van der Waals surface area contributed by atoms with Crippen LogP contribution in [-0.2, 0) is 9.59 Å². The molecule has 0 aromatic heterocycles. The van der Waals surface area contributed by atoms with E-state index in [0.29, 0.717) is 19.6 Å². The van der Waals surface area contributed by atoms with Crippen LogP contribution in [0.5, 0.6) is 0 Å². The number of hydrogen-bond acceptors (Lipinski definition) is 3. The van der Waals surface area contributed by atoms with Crippen LogP contribution in [0.25, 0.3) is 0 Å². The third-order valence-electron chi connectivity index (χ3n) is 3.59. The number of carbonyl (C=O) groups is 2. The zero-order chi connectivity index (χ0) is 14.6. The van der Waals surface area contributed by atoms with Crippen LogP contribution in [0.3, 0.4) is 0 Å². The number of aliphatic carboxylic acids is 1. The average Bonchev–Trinajstić information content (AvgIpc) is 2.66. The summed E-state index contributed by atoms with van der Waals surface area (Å²) in [5, 5.41) is 9.23. The quantitative estimate of drug-likeness (QED) is 0.735. The molecule has 0 aromatic carbocycles. The minimum atomic E-state index is -0.833. The van der Waals surface area contributed by atoms with Crippen LogP contribution in [0.1, 0.15) is 27.2 Å². The topological polar surface area (TPSA) is 60.9 Å². The molecular formula is C14H24N2O3. The fraction of sp³-hybridized carbons (Fsp3) is 0.714. The highest BCUT2D eigenvalue weighted by molar-refractivity contribution is 5.80. The second-order valence-corrected chi connectivity index (χ2v) is 5.38. The summed E-state index contributed by atoms with van der Waals surface area (Å²) in [4.78, 5) is 26.9. The summed E-state index contributed by atoms with van der Waals surface area (Å²) < 4.78 is 0. The number of rotatable bonds is 6. The highest BCUT2D eigenvalue weighted by Crippen LogP contribution is 2.23. The standard InChI is InChI=1S/C14H24N2O3/c1-5-15(8-10(2)3)12(17)9-16-7-6-11(4)13(16)14(18)19/h11,13H,2,5-9H2,1,3-4H3,(H,18,19). The van der Waals surface area contributed by atoms with Crippen molar-refractivity contribution in [1.29, 1.82) is 0 Å². The molecule has 5 heteroatoms. The van der Waals surface area contributed by atoms with Crippen molar-refractivity contribution < 1.29 is 14.7 Å². The average molecular weight is 268 g/mol. The SMILES string of the molecule is C=C(C)CN(CC)C(=O)CN1CCC(C)C1C(=O)O. The summed E-state index contributed by atoms with van der Waals surface area (Å²) in [6, 6.07) is -0.535. The maximum Gasteiger partial charge on any atom is 0.321 e. The van der Waals surface area contributed by atoms with Gasteiger partial charge in [0.05, 0.1) is 6.54 Å². The number of amides is 1. The molecule has 19 heavy (non-hydrogen) atoms. The van der Waals surface area contributed by atoms with Crippen molar-refractivity contribution in [3.05, 3.63) is 12.2 Å². The first-order valence-corrected chi connectivity index (χ1v) is 6.75. The number of likely N-dealkylation sites (tertiary alicyclic amines) is 1. The van der Waals surface area contributed by atoms with E-state index in [1.165, 1.54) is 0 Å². The minimum absolute atomic E-state index is 0.0224. The normalized spacial score (nSPS) is 23.3. The van der Waals surface area contributed by atoms with E-state index in [1.54, 1.807) is 9.80 Å². The molecule has 1 aliphatic heterocycles. The first kappa shape index (κ1) is 15.7. The summed E-state index contributed by atoms with van der Waals surface area (Å²) in [6.45, 7) is 11.6. The fourth-order valence-electron chi connectivity index (χ4n) is 2.58. The van der Waals surface area contributed by atoms with Gasteiger partial charge in [0.25, 0.3) is 0 Å². The zero-order valence-electron chi connectivity index (χ0n) is 12.1. The molecular weight excluding hydrogens is 244 g/mol. The van der Waals surface area contributed by atoms with Gasteiger partial charge >= 0.3 is 5.97 Å². The molecule has 1 saturated heterocycles. The van der Waals surface area contributed by atoms with Gasteiger partial charge in [0.15, 0.2) is 0 Å². The Morgan fingerprint density at radius 2 is 2.11 bits per heavy atom. The van der Waals surface area contributed by atoms with Crippen LogP contribution < -0.4 is 0 Å². The lowest BCUT2D eigenvalue weighted by molar-refractivity contribution is -0.144. The summed E-state index contributed by atoms with van der Waals surface area (Å²) in [5.74, 6) is -0.756. The number of nitrogens with zero attached hydrogens (tertiary/aromatic N) is 2. The van der Waals surface area contributed by atoms with Gasteiger partial charge in [-0.15, -0.1) is 0 Å². The van der Waals surface area contributed by atoms with E-state index >= 15 is 0 Å². The van der Waals surface area contributed by atoms with Gasteiger partial charge in [-0.2, -0.15) is 0 Å². The lowest BCUT2D eigenvalue weighted by Gasteiger charge is -2.27. The number of likely N-dealkylation sites (N-methyl/N-ethyl adjacent to an activating group) is 1. The summed E-state index contributed by atoms with van der Waals surface area (Å²) in [6.07, 6.45) is 0.830. The predicted octanol–water partition coefficient (Wildman–Crippen LogP) is 1.21. The number of carbonyl (C=O) groups excluding carboxylic acids is 1. The molecule has 1 aliphatic rings. The Bertz CT molecular complexity index is 368. The van der Waals surface area contributed by atoms with Crippen molar-refractivity contribution in [3.63, 3.8) is 0 Å². The third-order valence-corrected chi connectivity index (χ3v) is 3.59. The summed E-state index contributed by atoms with van der Waals surface area (Å²) >= 11 is 0. The molecule has 5 nitrogen and oxygen atoms in total. The van der Waals surface area contributed by atoms with E-state index in [1.807, 2.05) is 20.8 Å². The predicted molar refractivity (Wildman–Crippen MR) is 73.8 cm³/mol. The highest BCUT2D eigenvalue weighted by Gasteiger charge is 2.37. The molecule has 1 amide bonds. The molecule has 2 atom stereocenters. The number of carboxylic acids is 1. The Hall–Kier alpha value is -1.36. The third kappa shape index (κ3) is 4.06. The molecule has 0 saturated carbocycles. The Kier molecular flexibility index (Phi) is 5.54. The van der Waals surface area contributed by atoms with E-state index in [2.05, 4.69) is 6.58 Å². The molecule has 0 spiro atoms. The van der Waals surface area contributed by atoms with E-state index in [4.69, 9.17) is 0 Å². The number of hydrogen-bond donors (Lipinski definition) is 1. The molecule has 0 aliphatic carbocycles. The molecule has 1 fully saturated rings. The van der Waals surface area contributed by atoms with Crippen molar-refractivity contribution in [1.82, 2.24) is 9.80 Å². The van der Waals surface area contributed by atoms with E-state index in [-0.39, 0.29) is 18.4 Å². The van der Waals surface area contributed by atoms with Crippen molar-refractivity contribution in [2.75, 3.05) is 26.2 Å². The summed E-state index contributed by atoms with van der Waals surface area (Å²) in [7, 11) is 0. The van der Waals surface area contributed by atoms with E-state index < -0.39 is 12.0 Å². The van der Waals surface area contributed by atoms with Gasteiger partial charge in [-0.05, 0) is 32.7 Å². The van der Waals surface area contributed by atoms with Gasteiger partial charge in [-0.3, -0.25) is 14.5 Å². The molecule has 1 N–H and O–H groups in total. The molecule has 2 unspecified atom stereocenters. The van der Waals surface area contributed by atoms with Gasteiger partial charge in [-0.25, -0.2) is 0 Å². The lowest BCUT2D eigenvalue weighted by Crippen LogP contribution is -2.46. The Balaban J connectivity index is 2.65. The Morgan fingerprint density at radius 3 is 2.58 bits per heavy atom. The summed E-state index contributed by atoms with van der Waals surface area (Å²) in [5.41, 5.74) is 0.930. The van der Waals surface area contributed by atoms with Crippen molar-refractivity contribution >= 4 is 11.9 Å². The fourth-order valence-corrected chi connectivity index (χ4v) is 2.58. The highest BCUT2D eigenvalue weighted by atomic mass is 16.4. The van der Waals surface area contributed by atoms with Gasteiger partial charge < -0.3 is 10.0 Å². The molecule has 0 radical (unpaired) electrons. The molecule has 1 heterocycles. The maximum absolute atomic E-state index is 12.2. The van der Waals surface area contributed by atoms with Gasteiger partial charge in [0.2, 0.25) is 5.91 Å². The van der Waals surface area contributed by atoms with E-state index in [9.17, 15) is 14.7 Å². The van der Waals surface area contributed by atoms with Crippen LogP contribution >= 0.6 is 0 Å². The number of carboxylic acid groups (broad SMARTS) is 1. The van der Waals surface area contributed by atoms with Crippen LogP contribution in [0.4, 0.5) is 0 Å². The monoisotopic (exact) mass is 268 g/mol. The van der Waals surface area contributed by atoms with Crippen LogP contribution in [0.2, 0.25) is 0 Å². The van der Waals surface area contributed by atoms with Gasteiger partial charge in [0, 0.05) is 13.1 Å². The van der Waals surface area contributed by atoms with Crippen molar-refractivity contribution in [2.45, 2.75) is 33.2 Å².